The van der Waals surface area contributed by atoms with E-state index >= 15 is 0 Å². The molecule has 19 heavy (non-hydrogen) atoms. The van der Waals surface area contributed by atoms with Gasteiger partial charge in [-0.25, -0.2) is 4.79 Å². The summed E-state index contributed by atoms with van der Waals surface area (Å²) in [5.74, 6) is 1.73. The summed E-state index contributed by atoms with van der Waals surface area (Å²) in [5, 5.41) is 12.1. The first-order chi connectivity index (χ1) is 9.05. The van der Waals surface area contributed by atoms with Gasteiger partial charge in [-0.1, -0.05) is 13.3 Å². The maximum absolute atomic E-state index is 11.8. The molecule has 1 aliphatic heterocycles. The number of likely N-dealkylation sites (tertiary alicyclic amines) is 1. The lowest BCUT2D eigenvalue weighted by Crippen LogP contribution is -2.49. The van der Waals surface area contributed by atoms with Crippen LogP contribution < -0.4 is 5.32 Å². The number of piperidine rings is 1. The minimum atomic E-state index is -0.735. The average molecular weight is 266 g/mol. The van der Waals surface area contributed by atoms with Crippen LogP contribution in [0, 0.1) is 17.8 Å². The van der Waals surface area contributed by atoms with Crippen LogP contribution in [0.5, 0.6) is 0 Å². The van der Waals surface area contributed by atoms with Crippen LogP contribution >= 0.6 is 0 Å². The molecule has 106 valence electrons. The Balaban J connectivity index is 2.49. The minimum Gasteiger partial charge on any atom is -0.481 e. The number of urea groups is 1. The number of carbonyl (C=O) groups is 2. The van der Waals surface area contributed by atoms with Crippen LogP contribution in [-0.2, 0) is 4.79 Å². The van der Waals surface area contributed by atoms with Crippen molar-refractivity contribution in [3.05, 3.63) is 0 Å². The second-order valence-electron chi connectivity index (χ2n) is 5.01. The molecule has 5 heteroatoms. The van der Waals surface area contributed by atoms with E-state index in [0.29, 0.717) is 45.3 Å². The number of hydrogen-bond donors (Lipinski definition) is 2. The fraction of sp³-hybridized carbons (Fsp3) is 0.714. The van der Waals surface area contributed by atoms with Crippen molar-refractivity contribution in [1.29, 1.82) is 0 Å². The summed E-state index contributed by atoms with van der Waals surface area (Å²) < 4.78 is 0. The molecule has 0 aromatic heterocycles. The number of hydrogen-bond acceptors (Lipinski definition) is 2. The van der Waals surface area contributed by atoms with Crippen molar-refractivity contribution in [1.82, 2.24) is 10.2 Å². The first-order valence-electron chi connectivity index (χ1n) is 6.75. The van der Waals surface area contributed by atoms with Crippen molar-refractivity contribution in [2.24, 2.45) is 5.41 Å². The van der Waals surface area contributed by atoms with Gasteiger partial charge < -0.3 is 15.3 Å². The van der Waals surface area contributed by atoms with Gasteiger partial charge in [-0.3, -0.25) is 4.79 Å². The molecule has 1 fully saturated rings. The van der Waals surface area contributed by atoms with Crippen LogP contribution in [0.4, 0.5) is 4.79 Å². The fourth-order valence-corrected chi connectivity index (χ4v) is 2.54. The molecule has 0 aliphatic carbocycles. The zero-order valence-corrected chi connectivity index (χ0v) is 11.4. The molecular formula is C14H22N2O3. The van der Waals surface area contributed by atoms with Crippen LogP contribution in [0.1, 0.15) is 39.0 Å². The Hall–Kier alpha value is -1.70. The van der Waals surface area contributed by atoms with Crippen molar-refractivity contribution >= 4 is 12.0 Å². The highest BCUT2D eigenvalue weighted by atomic mass is 16.4. The summed E-state index contributed by atoms with van der Waals surface area (Å²) >= 11 is 0. The summed E-state index contributed by atoms with van der Waals surface area (Å²) in [7, 11) is 0. The topological polar surface area (TPSA) is 69.6 Å². The second kappa shape index (κ2) is 7.03. The number of terminal acetylenes is 1. The number of nitrogens with zero attached hydrogens (tertiary/aromatic N) is 1. The highest BCUT2D eigenvalue weighted by molar-refractivity contribution is 5.77. The highest BCUT2D eigenvalue weighted by Crippen LogP contribution is 2.36. The minimum absolute atomic E-state index is 0.147. The van der Waals surface area contributed by atoms with E-state index in [1.807, 2.05) is 6.92 Å². The van der Waals surface area contributed by atoms with Crippen molar-refractivity contribution in [2.75, 3.05) is 19.6 Å². The van der Waals surface area contributed by atoms with Crippen molar-refractivity contribution in [3.63, 3.8) is 0 Å². The van der Waals surface area contributed by atoms with Gasteiger partial charge in [0, 0.05) is 26.1 Å². The highest BCUT2D eigenvalue weighted by Gasteiger charge is 2.41. The lowest BCUT2D eigenvalue weighted by atomic mass is 9.75. The van der Waals surface area contributed by atoms with Gasteiger partial charge in [-0.2, -0.15) is 0 Å². The van der Waals surface area contributed by atoms with Crippen LogP contribution in [0.3, 0.4) is 0 Å². The molecular weight excluding hydrogens is 244 g/mol. The van der Waals surface area contributed by atoms with Gasteiger partial charge in [-0.15, -0.1) is 12.3 Å². The van der Waals surface area contributed by atoms with Crippen LogP contribution in [0.15, 0.2) is 0 Å². The van der Waals surface area contributed by atoms with E-state index in [9.17, 15) is 14.7 Å². The van der Waals surface area contributed by atoms with Gasteiger partial charge >= 0.3 is 12.0 Å². The summed E-state index contributed by atoms with van der Waals surface area (Å²) in [6.45, 7) is 3.44. The zero-order valence-electron chi connectivity index (χ0n) is 11.4. The molecule has 0 aromatic rings. The number of amides is 2. The van der Waals surface area contributed by atoms with Gasteiger partial charge in [0.15, 0.2) is 0 Å². The third-order valence-electron chi connectivity index (χ3n) is 3.74. The maximum atomic E-state index is 11.8. The molecule has 0 aromatic carbocycles. The Kier molecular flexibility index (Phi) is 5.68. The smallest absolute Gasteiger partial charge is 0.317 e. The van der Waals surface area contributed by atoms with Crippen LogP contribution in [0.2, 0.25) is 0 Å². The van der Waals surface area contributed by atoms with Gasteiger partial charge in [0.25, 0.3) is 0 Å². The normalized spacial score (nSPS) is 17.6. The SMILES string of the molecule is C#CCCNC(=O)N1CCC(CCC)(C(=O)O)CC1. The van der Waals surface area contributed by atoms with Crippen LogP contribution in [0.25, 0.3) is 0 Å². The Morgan fingerprint density at radius 1 is 1.42 bits per heavy atom. The van der Waals surface area contributed by atoms with Crippen molar-refractivity contribution < 1.29 is 14.7 Å². The number of rotatable bonds is 5. The second-order valence-corrected chi connectivity index (χ2v) is 5.01. The molecule has 0 atom stereocenters. The van der Waals surface area contributed by atoms with E-state index in [2.05, 4.69) is 11.2 Å². The van der Waals surface area contributed by atoms with E-state index in [0.717, 1.165) is 6.42 Å². The van der Waals surface area contributed by atoms with Gasteiger partial charge in [0.1, 0.15) is 0 Å². The molecule has 2 N–H and O–H groups in total. The monoisotopic (exact) mass is 266 g/mol. The summed E-state index contributed by atoms with van der Waals surface area (Å²) in [6.07, 6.45) is 8.20. The molecule has 0 saturated carbocycles. The molecule has 0 spiro atoms. The lowest BCUT2D eigenvalue weighted by Gasteiger charge is -2.38. The standard InChI is InChI=1S/C14H22N2O3/c1-3-5-9-15-13(19)16-10-7-14(6-4-2,8-11-16)12(17)18/h1H,4-11H2,2H3,(H,15,19)(H,17,18). The first kappa shape index (κ1) is 15.4. The number of carboxylic acid groups (broad SMARTS) is 1. The third kappa shape index (κ3) is 3.88. The Morgan fingerprint density at radius 2 is 2.05 bits per heavy atom. The van der Waals surface area contributed by atoms with Crippen molar-refractivity contribution in [2.45, 2.75) is 39.0 Å². The van der Waals surface area contributed by atoms with Gasteiger partial charge in [0.05, 0.1) is 5.41 Å². The quantitative estimate of drug-likeness (QED) is 0.587. The van der Waals surface area contributed by atoms with Crippen molar-refractivity contribution in [3.8, 4) is 12.3 Å². The molecule has 0 radical (unpaired) electrons. The average Bonchev–Trinajstić information content (AvgIpc) is 2.40. The Morgan fingerprint density at radius 3 is 2.53 bits per heavy atom. The summed E-state index contributed by atoms with van der Waals surface area (Å²) in [5.41, 5.74) is -0.648. The van der Waals surface area contributed by atoms with Crippen LogP contribution in [-0.4, -0.2) is 41.6 Å². The van der Waals surface area contributed by atoms with E-state index in [-0.39, 0.29) is 6.03 Å². The maximum Gasteiger partial charge on any atom is 0.317 e. The van der Waals surface area contributed by atoms with E-state index in [1.165, 1.54) is 0 Å². The molecule has 2 amide bonds. The molecule has 1 aliphatic rings. The molecule has 5 nitrogen and oxygen atoms in total. The number of carboxylic acids is 1. The fourth-order valence-electron chi connectivity index (χ4n) is 2.54. The molecule has 0 unspecified atom stereocenters. The van der Waals surface area contributed by atoms with Gasteiger partial charge in [0.2, 0.25) is 0 Å². The third-order valence-corrected chi connectivity index (χ3v) is 3.74. The molecule has 1 saturated heterocycles. The predicted octanol–water partition coefficient (Wildman–Crippen LogP) is 1.69. The first-order valence-corrected chi connectivity index (χ1v) is 6.75. The summed E-state index contributed by atoms with van der Waals surface area (Å²) in [4.78, 5) is 24.9. The van der Waals surface area contributed by atoms with Gasteiger partial charge in [-0.05, 0) is 19.3 Å². The largest absolute Gasteiger partial charge is 0.481 e. The molecule has 1 heterocycles. The molecule has 1 rings (SSSR count). The van der Waals surface area contributed by atoms with E-state index in [4.69, 9.17) is 6.42 Å². The Labute approximate surface area is 114 Å². The number of aliphatic carboxylic acids is 1. The number of nitrogens with one attached hydrogen (secondary N) is 1. The molecule has 0 bridgehead atoms. The predicted molar refractivity (Wildman–Crippen MR) is 72.6 cm³/mol. The zero-order chi connectivity index (χ0) is 14.3. The van der Waals surface area contributed by atoms with E-state index < -0.39 is 11.4 Å². The van der Waals surface area contributed by atoms with E-state index in [1.54, 1.807) is 4.90 Å². The Bertz CT molecular complexity index is 365. The lowest BCUT2D eigenvalue weighted by molar-refractivity contribution is -0.152. The summed E-state index contributed by atoms with van der Waals surface area (Å²) in [6, 6.07) is -0.147. The number of carbonyl (C=O) groups excluding carboxylic acids is 1.